The number of benzene rings is 2. The summed E-state index contributed by atoms with van der Waals surface area (Å²) in [6, 6.07) is 15.4. The quantitative estimate of drug-likeness (QED) is 0.836. The minimum Gasteiger partial charge on any atom is -0.454 e. The first-order valence-corrected chi connectivity index (χ1v) is 9.27. The van der Waals surface area contributed by atoms with Gasteiger partial charge in [0.05, 0.1) is 12.3 Å². The average Bonchev–Trinajstić information content (AvgIpc) is 3.20. The molecular weight excluding hydrogens is 358 g/mol. The molecule has 2 amide bonds. The van der Waals surface area contributed by atoms with Crippen LogP contribution in [0.15, 0.2) is 53.6 Å². The van der Waals surface area contributed by atoms with E-state index in [1.165, 1.54) is 5.01 Å². The van der Waals surface area contributed by atoms with Crippen LogP contribution in [0.1, 0.15) is 30.4 Å². The van der Waals surface area contributed by atoms with Gasteiger partial charge in [0, 0.05) is 25.8 Å². The van der Waals surface area contributed by atoms with E-state index < -0.39 is 0 Å². The van der Waals surface area contributed by atoms with E-state index >= 15 is 0 Å². The smallest absolute Gasteiger partial charge is 0.243 e. The van der Waals surface area contributed by atoms with Gasteiger partial charge in [0.15, 0.2) is 11.5 Å². The number of fused-ring (bicyclic) bond motifs is 1. The van der Waals surface area contributed by atoms with Crippen molar-refractivity contribution in [2.75, 3.05) is 13.3 Å². The number of hydrazone groups is 1. The van der Waals surface area contributed by atoms with Crippen LogP contribution < -0.4 is 14.8 Å². The summed E-state index contributed by atoms with van der Waals surface area (Å²) in [7, 11) is 0. The van der Waals surface area contributed by atoms with Gasteiger partial charge < -0.3 is 14.8 Å². The number of hydrogen-bond acceptors (Lipinski definition) is 5. The molecule has 0 aromatic heterocycles. The minimum absolute atomic E-state index is 0.0525. The third-order valence-corrected chi connectivity index (χ3v) is 4.69. The number of ether oxygens (including phenoxy) is 2. The second-order valence-corrected chi connectivity index (χ2v) is 6.64. The molecule has 2 aromatic rings. The number of amides is 2. The van der Waals surface area contributed by atoms with Crippen molar-refractivity contribution in [2.24, 2.45) is 5.10 Å². The maximum absolute atomic E-state index is 12.2. The summed E-state index contributed by atoms with van der Waals surface area (Å²) < 4.78 is 10.6. The highest BCUT2D eigenvalue weighted by Crippen LogP contribution is 2.32. The highest BCUT2D eigenvalue weighted by molar-refractivity contribution is 6.04. The van der Waals surface area contributed by atoms with Gasteiger partial charge in [-0.1, -0.05) is 36.4 Å². The molecule has 0 spiro atoms. The highest BCUT2D eigenvalue weighted by atomic mass is 16.7. The maximum atomic E-state index is 12.2. The Morgan fingerprint density at radius 1 is 1.07 bits per heavy atom. The van der Waals surface area contributed by atoms with Crippen molar-refractivity contribution < 1.29 is 19.1 Å². The Morgan fingerprint density at radius 2 is 1.89 bits per heavy atom. The molecule has 2 aliphatic heterocycles. The summed E-state index contributed by atoms with van der Waals surface area (Å²) in [5.74, 6) is 1.22. The lowest BCUT2D eigenvalue weighted by Crippen LogP contribution is -2.35. The van der Waals surface area contributed by atoms with Crippen molar-refractivity contribution in [2.45, 2.75) is 25.8 Å². The van der Waals surface area contributed by atoms with Gasteiger partial charge in [-0.05, 0) is 23.3 Å². The predicted octanol–water partition coefficient (Wildman–Crippen LogP) is 2.45. The van der Waals surface area contributed by atoms with Crippen molar-refractivity contribution in [1.82, 2.24) is 10.3 Å². The van der Waals surface area contributed by atoms with Crippen LogP contribution in [0.4, 0.5) is 0 Å². The van der Waals surface area contributed by atoms with Crippen molar-refractivity contribution in [1.29, 1.82) is 0 Å². The number of hydrogen-bond donors (Lipinski definition) is 1. The van der Waals surface area contributed by atoms with Gasteiger partial charge in [-0.25, -0.2) is 5.01 Å². The molecule has 4 rings (SSSR count). The van der Waals surface area contributed by atoms with Gasteiger partial charge in [0.1, 0.15) is 0 Å². The molecule has 0 saturated carbocycles. The Kier molecular flexibility index (Phi) is 5.23. The van der Waals surface area contributed by atoms with Gasteiger partial charge in [0.25, 0.3) is 0 Å². The Labute approximate surface area is 162 Å². The van der Waals surface area contributed by atoms with Gasteiger partial charge in [-0.15, -0.1) is 0 Å². The molecule has 2 heterocycles. The zero-order valence-corrected chi connectivity index (χ0v) is 15.4. The Balaban J connectivity index is 1.30. The molecule has 144 valence electrons. The van der Waals surface area contributed by atoms with Gasteiger partial charge in [-0.3, -0.25) is 9.59 Å². The molecule has 0 aliphatic carbocycles. The largest absolute Gasteiger partial charge is 0.454 e. The molecule has 0 radical (unpaired) electrons. The first-order chi connectivity index (χ1) is 13.7. The number of nitrogens with one attached hydrogen (secondary N) is 1. The van der Waals surface area contributed by atoms with Crippen molar-refractivity contribution in [3.8, 4) is 11.5 Å². The summed E-state index contributed by atoms with van der Waals surface area (Å²) in [4.78, 5) is 24.3. The first-order valence-electron chi connectivity index (χ1n) is 9.27. The van der Waals surface area contributed by atoms with Crippen LogP contribution in [-0.4, -0.2) is 35.9 Å². The minimum atomic E-state index is -0.132. The fourth-order valence-electron chi connectivity index (χ4n) is 3.16. The molecule has 7 nitrogen and oxygen atoms in total. The topological polar surface area (TPSA) is 80.2 Å². The molecule has 0 bridgehead atoms. The molecule has 7 heteroatoms. The van der Waals surface area contributed by atoms with E-state index in [0.29, 0.717) is 30.9 Å². The van der Waals surface area contributed by atoms with Crippen LogP contribution in [0.5, 0.6) is 11.5 Å². The molecular formula is C21H21N3O4. The first kappa shape index (κ1) is 18.0. The summed E-state index contributed by atoms with van der Waals surface area (Å²) >= 11 is 0. The number of carbonyl (C=O) groups excluding carboxylic acids is 2. The van der Waals surface area contributed by atoms with E-state index in [9.17, 15) is 9.59 Å². The molecule has 0 atom stereocenters. The van der Waals surface area contributed by atoms with E-state index in [0.717, 1.165) is 16.8 Å². The van der Waals surface area contributed by atoms with Crippen LogP contribution in [0.25, 0.3) is 0 Å². The van der Waals surface area contributed by atoms with Crippen molar-refractivity contribution >= 4 is 17.5 Å². The maximum Gasteiger partial charge on any atom is 0.243 e. The summed E-state index contributed by atoms with van der Waals surface area (Å²) in [5, 5.41) is 8.73. The van der Waals surface area contributed by atoms with Crippen LogP contribution in [0.2, 0.25) is 0 Å². The summed E-state index contributed by atoms with van der Waals surface area (Å²) in [5.41, 5.74) is 2.81. The number of carbonyl (C=O) groups is 2. The fourth-order valence-corrected chi connectivity index (χ4v) is 3.16. The molecule has 2 aromatic carbocycles. The number of nitrogens with zero attached hydrogens (tertiary/aromatic N) is 2. The second-order valence-electron chi connectivity index (χ2n) is 6.64. The van der Waals surface area contributed by atoms with Gasteiger partial charge >= 0.3 is 0 Å². The van der Waals surface area contributed by atoms with Crippen LogP contribution in [0, 0.1) is 0 Å². The standard InChI is InChI=1S/C21H21N3O4/c25-20(22-13-15-6-8-18-19(12-15)28-14-27-18)10-11-24-21(26)9-7-17(23-24)16-4-2-1-3-5-16/h1-6,8,12H,7,9-11,13-14H2,(H,22,25). The average molecular weight is 379 g/mol. The molecule has 2 aliphatic rings. The SMILES string of the molecule is O=C(CCN1N=C(c2ccccc2)CCC1=O)NCc1ccc2c(c1)OCO2. The lowest BCUT2D eigenvalue weighted by atomic mass is 10.0. The van der Waals surface area contributed by atoms with E-state index in [2.05, 4.69) is 10.4 Å². The fraction of sp³-hybridized carbons (Fsp3) is 0.286. The van der Waals surface area contributed by atoms with Crippen molar-refractivity contribution in [3.63, 3.8) is 0 Å². The number of rotatable bonds is 6. The van der Waals surface area contributed by atoms with E-state index in [1.54, 1.807) is 0 Å². The van der Waals surface area contributed by atoms with E-state index in [1.807, 2.05) is 48.5 Å². The second kappa shape index (κ2) is 8.12. The lowest BCUT2D eigenvalue weighted by molar-refractivity contribution is -0.132. The zero-order chi connectivity index (χ0) is 19.3. The normalized spacial score (nSPS) is 15.4. The third kappa shape index (κ3) is 4.14. The Bertz CT molecular complexity index is 911. The lowest BCUT2D eigenvalue weighted by Gasteiger charge is -2.23. The molecule has 1 N–H and O–H groups in total. The summed E-state index contributed by atoms with van der Waals surface area (Å²) in [6.07, 6.45) is 1.23. The Hall–Kier alpha value is -3.35. The predicted molar refractivity (Wildman–Crippen MR) is 103 cm³/mol. The van der Waals surface area contributed by atoms with Gasteiger partial charge in [-0.2, -0.15) is 5.10 Å². The van der Waals surface area contributed by atoms with Crippen LogP contribution in [-0.2, 0) is 16.1 Å². The van der Waals surface area contributed by atoms with Gasteiger partial charge in [0.2, 0.25) is 18.6 Å². The molecule has 0 fully saturated rings. The van der Waals surface area contributed by atoms with Crippen molar-refractivity contribution in [3.05, 3.63) is 59.7 Å². The summed E-state index contributed by atoms with van der Waals surface area (Å²) in [6.45, 7) is 0.880. The third-order valence-electron chi connectivity index (χ3n) is 4.69. The Morgan fingerprint density at radius 3 is 2.75 bits per heavy atom. The molecule has 0 unspecified atom stereocenters. The zero-order valence-electron chi connectivity index (χ0n) is 15.4. The highest BCUT2D eigenvalue weighted by Gasteiger charge is 2.21. The van der Waals surface area contributed by atoms with E-state index in [4.69, 9.17) is 9.47 Å². The molecule has 0 saturated heterocycles. The van der Waals surface area contributed by atoms with Crippen LogP contribution in [0.3, 0.4) is 0 Å². The monoisotopic (exact) mass is 379 g/mol. The molecule has 28 heavy (non-hydrogen) atoms. The van der Waals surface area contributed by atoms with E-state index in [-0.39, 0.29) is 31.6 Å². The van der Waals surface area contributed by atoms with Crippen LogP contribution >= 0.6 is 0 Å².